The molecule has 0 atom stereocenters. The first kappa shape index (κ1) is 22.2. The van der Waals surface area contributed by atoms with Crippen LogP contribution in [0.25, 0.3) is 0 Å². The number of hydrogen-bond donors (Lipinski definition) is 1. The average Bonchev–Trinajstić information content (AvgIpc) is 2.36. The second-order valence-corrected chi connectivity index (χ2v) is 7.26. The lowest BCUT2D eigenvalue weighted by Gasteiger charge is -2.31. The number of methoxy groups -OCH3 is 1. The van der Waals surface area contributed by atoms with Gasteiger partial charge in [-0.3, -0.25) is 4.79 Å². The van der Waals surface area contributed by atoms with Gasteiger partial charge in [0.25, 0.3) is 0 Å². The molecule has 0 radical (unpaired) electrons. The minimum Gasteiger partial charge on any atom is -0.478 e. The molecule has 24 heavy (non-hydrogen) atoms. The van der Waals surface area contributed by atoms with Crippen LogP contribution < -0.4 is 0 Å². The molecule has 0 aromatic carbocycles. The molecule has 1 aliphatic rings. The number of carbonyl (C=O) groups is 2. The standard InChI is InChI=1S/C10H13F3O5S.C3H6O2/c1-9(2)4-3-6(8(14)15)7(5-9)18-19(16,17)10(11,12)13;1-3(4)5-2/h3-5H2,1-2H3,(H,14,15);1-2H3. The van der Waals surface area contributed by atoms with Gasteiger partial charge in [-0.15, -0.1) is 0 Å². The summed E-state index contributed by atoms with van der Waals surface area (Å²) in [6, 6.07) is 0. The van der Waals surface area contributed by atoms with Crippen LogP contribution >= 0.6 is 0 Å². The summed E-state index contributed by atoms with van der Waals surface area (Å²) < 4.78 is 66.6. The molecule has 1 aliphatic carbocycles. The summed E-state index contributed by atoms with van der Waals surface area (Å²) in [5.74, 6) is -2.35. The maximum atomic E-state index is 12.2. The summed E-state index contributed by atoms with van der Waals surface area (Å²) in [6.07, 6.45) is 0.211. The van der Waals surface area contributed by atoms with Gasteiger partial charge in [-0.05, 0) is 18.3 Å². The van der Waals surface area contributed by atoms with Crippen LogP contribution in [0.3, 0.4) is 0 Å². The van der Waals surface area contributed by atoms with Gasteiger partial charge in [-0.1, -0.05) is 13.8 Å². The molecule has 0 fully saturated rings. The molecule has 0 unspecified atom stereocenters. The zero-order chi connectivity index (χ0) is 19.3. The molecular formula is C13H19F3O7S. The number of alkyl halides is 3. The van der Waals surface area contributed by atoms with E-state index >= 15 is 0 Å². The number of carboxylic acids is 1. The summed E-state index contributed by atoms with van der Waals surface area (Å²) in [7, 11) is -4.49. The lowest BCUT2D eigenvalue weighted by Crippen LogP contribution is -2.29. The SMILES string of the molecule is CC1(C)CCC(C(=O)O)=C(OS(=O)(=O)C(F)(F)F)C1.COC(C)=O. The Hall–Kier alpha value is -1.78. The lowest BCUT2D eigenvalue weighted by atomic mass is 9.77. The number of aliphatic carboxylic acids is 1. The van der Waals surface area contributed by atoms with Crippen molar-refractivity contribution < 1.29 is 45.2 Å². The van der Waals surface area contributed by atoms with Gasteiger partial charge >= 0.3 is 27.6 Å². The third-order valence-electron chi connectivity index (χ3n) is 3.07. The summed E-state index contributed by atoms with van der Waals surface area (Å²) in [4.78, 5) is 20.5. The first-order valence-electron chi connectivity index (χ1n) is 6.63. The Morgan fingerprint density at radius 1 is 1.25 bits per heavy atom. The Kier molecular flexibility index (Phi) is 7.28. The highest BCUT2D eigenvalue weighted by Crippen LogP contribution is 2.41. The number of rotatable bonds is 3. The summed E-state index contributed by atoms with van der Waals surface area (Å²) in [5.41, 5.74) is -6.52. The van der Waals surface area contributed by atoms with Crippen LogP contribution in [0, 0.1) is 5.41 Å². The van der Waals surface area contributed by atoms with Crippen LogP contribution in [0.1, 0.15) is 40.0 Å². The predicted octanol–water partition coefficient (Wildman–Crippen LogP) is 2.58. The van der Waals surface area contributed by atoms with Crippen molar-refractivity contribution in [3.8, 4) is 0 Å². The lowest BCUT2D eigenvalue weighted by molar-refractivity contribution is -0.138. The van der Waals surface area contributed by atoms with Gasteiger partial charge in [-0.25, -0.2) is 4.79 Å². The molecule has 0 amide bonds. The zero-order valence-corrected chi connectivity index (χ0v) is 14.4. The maximum absolute atomic E-state index is 12.2. The van der Waals surface area contributed by atoms with Gasteiger partial charge in [0.2, 0.25) is 0 Å². The van der Waals surface area contributed by atoms with Gasteiger partial charge in [-0.2, -0.15) is 21.6 Å². The van der Waals surface area contributed by atoms with Crippen molar-refractivity contribution in [2.75, 3.05) is 7.11 Å². The first-order valence-corrected chi connectivity index (χ1v) is 8.04. The topological polar surface area (TPSA) is 107 Å². The van der Waals surface area contributed by atoms with E-state index in [4.69, 9.17) is 5.11 Å². The smallest absolute Gasteiger partial charge is 0.478 e. The fourth-order valence-corrected chi connectivity index (χ4v) is 2.24. The fourth-order valence-electron chi connectivity index (χ4n) is 1.72. The maximum Gasteiger partial charge on any atom is 0.534 e. The molecule has 1 rings (SSSR count). The van der Waals surface area contributed by atoms with Gasteiger partial charge in [0.05, 0.1) is 12.7 Å². The number of ether oxygens (including phenoxy) is 1. The van der Waals surface area contributed by atoms with E-state index in [1.807, 2.05) is 0 Å². The molecular weight excluding hydrogens is 357 g/mol. The average molecular weight is 376 g/mol. The Labute approximate surface area is 137 Å². The summed E-state index contributed by atoms with van der Waals surface area (Å²) in [5, 5.41) is 8.86. The molecule has 0 bridgehead atoms. The molecule has 140 valence electrons. The van der Waals surface area contributed by atoms with Gasteiger partial charge in [0.1, 0.15) is 5.76 Å². The van der Waals surface area contributed by atoms with Crippen LogP contribution in [0.4, 0.5) is 13.2 Å². The Bertz CT molecular complexity index is 618. The zero-order valence-electron chi connectivity index (χ0n) is 13.6. The van der Waals surface area contributed by atoms with Crippen molar-refractivity contribution in [1.29, 1.82) is 0 Å². The fraction of sp³-hybridized carbons (Fsp3) is 0.692. The molecule has 0 aliphatic heterocycles. The molecule has 0 aromatic heterocycles. The monoisotopic (exact) mass is 376 g/mol. The van der Waals surface area contributed by atoms with Crippen molar-refractivity contribution in [1.82, 2.24) is 0 Å². The van der Waals surface area contributed by atoms with Crippen LogP contribution in [-0.4, -0.2) is 38.1 Å². The number of esters is 1. The largest absolute Gasteiger partial charge is 0.534 e. The van der Waals surface area contributed by atoms with Gasteiger partial charge < -0.3 is 14.0 Å². The van der Waals surface area contributed by atoms with Crippen molar-refractivity contribution in [3.63, 3.8) is 0 Å². The molecule has 0 heterocycles. The van der Waals surface area contributed by atoms with E-state index in [0.717, 1.165) is 0 Å². The normalized spacial score (nSPS) is 17.5. The summed E-state index contributed by atoms with van der Waals surface area (Å²) in [6.45, 7) is 4.74. The number of carbonyl (C=O) groups excluding carboxylic acids is 1. The van der Waals surface area contributed by atoms with E-state index in [1.54, 1.807) is 13.8 Å². The highest BCUT2D eigenvalue weighted by atomic mass is 32.2. The minimum atomic E-state index is -5.84. The molecule has 0 saturated carbocycles. The molecule has 0 saturated heterocycles. The van der Waals surface area contributed by atoms with Crippen LogP contribution in [0.5, 0.6) is 0 Å². The number of allylic oxidation sites excluding steroid dienone is 1. The Morgan fingerprint density at radius 3 is 2.04 bits per heavy atom. The predicted molar refractivity (Wildman–Crippen MR) is 76.0 cm³/mol. The van der Waals surface area contributed by atoms with Crippen LogP contribution in [0.2, 0.25) is 0 Å². The second-order valence-electron chi connectivity index (χ2n) is 5.73. The second kappa shape index (κ2) is 7.86. The Balaban J connectivity index is 0.000000922. The quantitative estimate of drug-likeness (QED) is 0.458. The third-order valence-corrected chi connectivity index (χ3v) is 4.05. The molecule has 7 nitrogen and oxygen atoms in total. The Morgan fingerprint density at radius 2 is 1.71 bits per heavy atom. The van der Waals surface area contributed by atoms with E-state index < -0.39 is 38.3 Å². The summed E-state index contributed by atoms with van der Waals surface area (Å²) >= 11 is 0. The third kappa shape index (κ3) is 6.77. The molecule has 11 heteroatoms. The van der Waals surface area contributed by atoms with E-state index in [-0.39, 0.29) is 18.8 Å². The molecule has 1 N–H and O–H groups in total. The van der Waals surface area contributed by atoms with Crippen LogP contribution in [0.15, 0.2) is 11.3 Å². The minimum absolute atomic E-state index is 0.0367. The highest BCUT2D eigenvalue weighted by molar-refractivity contribution is 7.87. The van der Waals surface area contributed by atoms with Gasteiger partial charge in [0.15, 0.2) is 0 Å². The number of hydrogen-bond acceptors (Lipinski definition) is 6. The molecule has 0 spiro atoms. The van der Waals surface area contributed by atoms with E-state index in [9.17, 15) is 31.2 Å². The highest BCUT2D eigenvalue weighted by Gasteiger charge is 2.50. The van der Waals surface area contributed by atoms with Crippen molar-refractivity contribution >= 4 is 22.1 Å². The number of halogens is 3. The number of carboxylic acid groups (broad SMARTS) is 1. The van der Waals surface area contributed by atoms with E-state index in [2.05, 4.69) is 8.92 Å². The van der Waals surface area contributed by atoms with Gasteiger partial charge in [0, 0.05) is 13.3 Å². The van der Waals surface area contributed by atoms with Crippen molar-refractivity contribution in [3.05, 3.63) is 11.3 Å². The van der Waals surface area contributed by atoms with Crippen LogP contribution in [-0.2, 0) is 28.6 Å². The van der Waals surface area contributed by atoms with E-state index in [1.165, 1.54) is 14.0 Å². The van der Waals surface area contributed by atoms with E-state index in [0.29, 0.717) is 6.42 Å². The first-order chi connectivity index (χ1) is 10.6. The van der Waals surface area contributed by atoms with Crippen molar-refractivity contribution in [2.24, 2.45) is 5.41 Å². The molecule has 0 aromatic rings. The van der Waals surface area contributed by atoms with Crippen molar-refractivity contribution in [2.45, 2.75) is 45.5 Å².